The van der Waals surface area contributed by atoms with E-state index in [-0.39, 0.29) is 11.3 Å². The number of hydrogen-bond donors (Lipinski definition) is 2. The Kier molecular flexibility index (Phi) is 3.86. The lowest BCUT2D eigenvalue weighted by Crippen LogP contribution is -2.13. The van der Waals surface area contributed by atoms with E-state index in [2.05, 4.69) is 15.2 Å². The Morgan fingerprint density at radius 3 is 2.74 bits per heavy atom. The second-order valence-corrected chi connectivity index (χ2v) is 6.04. The molecule has 0 unspecified atom stereocenters. The number of amides is 1. The molecule has 0 saturated carbocycles. The van der Waals surface area contributed by atoms with Crippen LogP contribution in [0, 0.1) is 0 Å². The van der Waals surface area contributed by atoms with Crippen LogP contribution in [0.15, 0.2) is 21.6 Å². The van der Waals surface area contributed by atoms with Crippen LogP contribution in [0.5, 0.6) is 0 Å². The van der Waals surface area contributed by atoms with E-state index in [1.165, 1.54) is 29.3 Å². The summed E-state index contributed by atoms with van der Waals surface area (Å²) in [6.45, 7) is 0. The number of anilines is 2. The van der Waals surface area contributed by atoms with Crippen molar-refractivity contribution >= 4 is 39.8 Å². The minimum Gasteiger partial charge on any atom is -0.397 e. The number of nitrogen functional groups attached to an aromatic ring is 1. The van der Waals surface area contributed by atoms with Gasteiger partial charge in [-0.05, 0) is 17.8 Å². The Morgan fingerprint density at radius 2 is 2.16 bits per heavy atom. The van der Waals surface area contributed by atoms with Gasteiger partial charge in [0.2, 0.25) is 5.13 Å². The molecule has 7 nitrogen and oxygen atoms in total. The molecule has 0 aromatic carbocycles. The first-order valence-corrected chi connectivity index (χ1v) is 6.84. The summed E-state index contributed by atoms with van der Waals surface area (Å²) < 4.78 is 0.733. The summed E-state index contributed by atoms with van der Waals surface area (Å²) in [6, 6.07) is 1.55. The van der Waals surface area contributed by atoms with E-state index in [1.807, 2.05) is 19.0 Å². The maximum atomic E-state index is 11.2. The molecule has 9 heteroatoms. The average molecular weight is 296 g/mol. The molecule has 0 atom stereocenters. The number of nitrogens with two attached hydrogens (primary N) is 2. The molecule has 0 aliphatic carbocycles. The Morgan fingerprint density at radius 1 is 1.42 bits per heavy atom. The highest BCUT2D eigenvalue weighted by Crippen LogP contribution is 2.32. The van der Waals surface area contributed by atoms with Crippen LogP contribution in [0.3, 0.4) is 0 Å². The number of primary amides is 1. The number of pyridine rings is 1. The van der Waals surface area contributed by atoms with Crippen molar-refractivity contribution in [2.75, 3.05) is 24.7 Å². The second kappa shape index (κ2) is 5.41. The van der Waals surface area contributed by atoms with Gasteiger partial charge in [0, 0.05) is 14.1 Å². The molecule has 0 aliphatic heterocycles. The topological polar surface area (TPSA) is 111 Å². The van der Waals surface area contributed by atoms with Crippen LogP contribution in [0.1, 0.15) is 10.4 Å². The van der Waals surface area contributed by atoms with Crippen molar-refractivity contribution in [2.24, 2.45) is 5.73 Å². The zero-order valence-corrected chi connectivity index (χ0v) is 12.0. The fourth-order valence-electron chi connectivity index (χ4n) is 1.23. The van der Waals surface area contributed by atoms with Gasteiger partial charge in [0.1, 0.15) is 5.03 Å². The molecule has 2 rings (SSSR count). The molecule has 0 spiro atoms. The van der Waals surface area contributed by atoms with Crippen LogP contribution < -0.4 is 16.4 Å². The normalized spacial score (nSPS) is 10.4. The first-order chi connectivity index (χ1) is 8.97. The molecule has 2 aromatic heterocycles. The standard InChI is InChI=1S/C10H12N6OS2/c1-16(2)9-14-15-10(19-9)18-7-3-5(8(12)17)6(11)4-13-7/h3-4H,11H2,1-2H3,(H2,12,17). The van der Waals surface area contributed by atoms with Gasteiger partial charge < -0.3 is 16.4 Å². The fourth-order valence-corrected chi connectivity index (χ4v) is 2.92. The maximum Gasteiger partial charge on any atom is 0.250 e. The van der Waals surface area contributed by atoms with E-state index >= 15 is 0 Å². The zero-order chi connectivity index (χ0) is 14.0. The number of nitrogens with zero attached hydrogens (tertiary/aromatic N) is 4. The molecular weight excluding hydrogens is 284 g/mol. The summed E-state index contributed by atoms with van der Waals surface area (Å²) >= 11 is 2.74. The molecule has 0 aliphatic rings. The van der Waals surface area contributed by atoms with Gasteiger partial charge in [-0.15, -0.1) is 10.2 Å². The third-order valence-electron chi connectivity index (χ3n) is 2.15. The smallest absolute Gasteiger partial charge is 0.250 e. The predicted molar refractivity (Wildman–Crippen MR) is 75.5 cm³/mol. The van der Waals surface area contributed by atoms with Crippen LogP contribution in [0.25, 0.3) is 0 Å². The third kappa shape index (κ3) is 3.12. The molecule has 0 fully saturated rings. The van der Waals surface area contributed by atoms with Crippen LogP contribution in [0.2, 0.25) is 0 Å². The van der Waals surface area contributed by atoms with Crippen molar-refractivity contribution < 1.29 is 4.79 Å². The highest BCUT2D eigenvalue weighted by molar-refractivity contribution is 8.01. The summed E-state index contributed by atoms with van der Waals surface area (Å²) in [6.07, 6.45) is 1.41. The van der Waals surface area contributed by atoms with Crippen molar-refractivity contribution in [2.45, 2.75) is 9.37 Å². The number of aromatic nitrogens is 3. The Bertz CT molecular complexity index is 612. The maximum absolute atomic E-state index is 11.2. The third-order valence-corrected chi connectivity index (χ3v) is 4.22. The zero-order valence-electron chi connectivity index (χ0n) is 10.3. The van der Waals surface area contributed by atoms with E-state index in [0.717, 1.165) is 9.47 Å². The van der Waals surface area contributed by atoms with Gasteiger partial charge in [-0.3, -0.25) is 4.79 Å². The van der Waals surface area contributed by atoms with Gasteiger partial charge >= 0.3 is 0 Å². The molecule has 0 radical (unpaired) electrons. The van der Waals surface area contributed by atoms with E-state index in [9.17, 15) is 4.79 Å². The average Bonchev–Trinajstić information content (AvgIpc) is 2.80. The Balaban J connectivity index is 2.23. The van der Waals surface area contributed by atoms with Crippen molar-refractivity contribution in [3.8, 4) is 0 Å². The highest BCUT2D eigenvalue weighted by atomic mass is 32.2. The minimum atomic E-state index is -0.576. The lowest BCUT2D eigenvalue weighted by Gasteiger charge is -2.04. The fraction of sp³-hybridized carbons (Fsp3) is 0.200. The molecule has 100 valence electrons. The molecule has 0 saturated heterocycles. The Hall–Kier alpha value is -1.87. The van der Waals surface area contributed by atoms with Crippen LogP contribution in [-0.4, -0.2) is 35.2 Å². The van der Waals surface area contributed by atoms with Gasteiger partial charge in [0.05, 0.1) is 17.4 Å². The number of rotatable bonds is 4. The molecule has 0 bridgehead atoms. The quantitative estimate of drug-likeness (QED) is 0.859. The van der Waals surface area contributed by atoms with Gasteiger partial charge in [-0.25, -0.2) is 4.98 Å². The van der Waals surface area contributed by atoms with Crippen molar-refractivity contribution in [3.63, 3.8) is 0 Å². The largest absolute Gasteiger partial charge is 0.397 e. The first kappa shape index (κ1) is 13.6. The SMILES string of the molecule is CN(C)c1nnc(Sc2cc(C(N)=O)c(N)cn2)s1. The predicted octanol–water partition coefficient (Wildman–Crippen LogP) is 0.831. The van der Waals surface area contributed by atoms with Gasteiger partial charge in [0.25, 0.3) is 5.91 Å². The van der Waals surface area contributed by atoms with Crippen molar-refractivity contribution in [1.29, 1.82) is 0 Å². The van der Waals surface area contributed by atoms with Gasteiger partial charge in [0.15, 0.2) is 4.34 Å². The summed E-state index contributed by atoms with van der Waals surface area (Å²) in [4.78, 5) is 17.2. The molecule has 2 heterocycles. The summed E-state index contributed by atoms with van der Waals surface area (Å²) in [5.74, 6) is -0.576. The van der Waals surface area contributed by atoms with Crippen molar-refractivity contribution in [1.82, 2.24) is 15.2 Å². The van der Waals surface area contributed by atoms with E-state index in [0.29, 0.717) is 5.03 Å². The first-order valence-electron chi connectivity index (χ1n) is 5.21. The van der Waals surface area contributed by atoms with E-state index in [4.69, 9.17) is 11.5 Å². The van der Waals surface area contributed by atoms with E-state index < -0.39 is 5.91 Å². The molecule has 1 amide bonds. The van der Waals surface area contributed by atoms with Crippen LogP contribution in [-0.2, 0) is 0 Å². The lowest BCUT2D eigenvalue weighted by atomic mass is 10.2. The van der Waals surface area contributed by atoms with Crippen molar-refractivity contribution in [3.05, 3.63) is 17.8 Å². The monoisotopic (exact) mass is 296 g/mol. The van der Waals surface area contributed by atoms with Crippen LogP contribution >= 0.6 is 23.1 Å². The summed E-state index contributed by atoms with van der Waals surface area (Å²) in [7, 11) is 3.78. The molecule has 2 aromatic rings. The molecular formula is C10H12N6OS2. The minimum absolute atomic E-state index is 0.259. The number of carbonyl (C=O) groups is 1. The van der Waals surface area contributed by atoms with Gasteiger partial charge in [-0.1, -0.05) is 11.3 Å². The number of hydrogen-bond acceptors (Lipinski definition) is 8. The summed E-state index contributed by atoms with van der Waals surface area (Å²) in [5, 5.41) is 9.45. The summed E-state index contributed by atoms with van der Waals surface area (Å²) in [5.41, 5.74) is 11.4. The molecule has 19 heavy (non-hydrogen) atoms. The van der Waals surface area contributed by atoms with E-state index in [1.54, 1.807) is 6.07 Å². The van der Waals surface area contributed by atoms with Crippen LogP contribution in [0.4, 0.5) is 10.8 Å². The Labute approximate surface area is 118 Å². The lowest BCUT2D eigenvalue weighted by molar-refractivity contribution is 0.100. The second-order valence-electron chi connectivity index (χ2n) is 3.82. The van der Waals surface area contributed by atoms with Gasteiger partial charge in [-0.2, -0.15) is 0 Å². The highest BCUT2D eigenvalue weighted by Gasteiger charge is 2.12. The number of carbonyl (C=O) groups excluding carboxylic acids is 1. The molecule has 4 N–H and O–H groups in total.